The Labute approximate surface area is 152 Å². The number of nitrogens with zero attached hydrogens (tertiary/aromatic N) is 1. The third-order valence-corrected chi connectivity index (χ3v) is 6.99. The monoisotopic (exact) mass is 354 g/mol. The van der Waals surface area contributed by atoms with Crippen molar-refractivity contribution in [3.8, 4) is 11.1 Å². The summed E-state index contributed by atoms with van der Waals surface area (Å²) in [6.45, 7) is 5.33. The summed E-state index contributed by atoms with van der Waals surface area (Å²) in [5.41, 5.74) is 5.76. The van der Waals surface area contributed by atoms with Crippen LogP contribution >= 0.6 is 11.8 Å². The number of benzene rings is 2. The molecule has 2 atom stereocenters. The molecule has 0 aromatic heterocycles. The van der Waals surface area contributed by atoms with Crippen molar-refractivity contribution in [3.05, 3.63) is 47.3 Å². The van der Waals surface area contributed by atoms with Gasteiger partial charge in [0.25, 0.3) is 0 Å². The quantitative estimate of drug-likeness (QED) is 0.808. The zero-order valence-corrected chi connectivity index (χ0v) is 15.3. The lowest BCUT2D eigenvalue weighted by Crippen LogP contribution is -2.44. The van der Waals surface area contributed by atoms with Gasteiger partial charge in [-0.15, -0.1) is 11.8 Å². The highest BCUT2D eigenvalue weighted by Gasteiger charge is 2.41. The van der Waals surface area contributed by atoms with Crippen LogP contribution in [0.3, 0.4) is 0 Å². The van der Waals surface area contributed by atoms with Crippen molar-refractivity contribution in [3.63, 3.8) is 0 Å². The maximum Gasteiger partial charge on any atom is 0.131 e. The molecule has 25 heavy (non-hydrogen) atoms. The summed E-state index contributed by atoms with van der Waals surface area (Å²) in [4.78, 5) is 4.01. The number of hydrogen-bond donors (Lipinski definition) is 1. The summed E-state index contributed by atoms with van der Waals surface area (Å²) in [5, 5.41) is 3.57. The van der Waals surface area contributed by atoms with E-state index in [9.17, 15) is 4.39 Å². The van der Waals surface area contributed by atoms with Crippen LogP contribution in [-0.4, -0.2) is 31.4 Å². The topological polar surface area (TPSA) is 15.3 Å². The van der Waals surface area contributed by atoms with Gasteiger partial charge in [0.2, 0.25) is 0 Å². The number of rotatable bonds is 1. The summed E-state index contributed by atoms with van der Waals surface area (Å²) < 4.78 is 14.5. The van der Waals surface area contributed by atoms with Gasteiger partial charge in [0, 0.05) is 35.5 Å². The van der Waals surface area contributed by atoms with Gasteiger partial charge in [0.05, 0.1) is 5.69 Å². The molecule has 0 spiro atoms. The first-order chi connectivity index (χ1) is 12.2. The Balaban J connectivity index is 1.70. The molecule has 0 unspecified atom stereocenters. The number of nitrogens with one attached hydrogen (secondary N) is 1. The van der Waals surface area contributed by atoms with Crippen molar-refractivity contribution < 1.29 is 4.39 Å². The van der Waals surface area contributed by atoms with Crippen LogP contribution in [0.5, 0.6) is 0 Å². The van der Waals surface area contributed by atoms with Crippen molar-refractivity contribution in [2.24, 2.45) is 0 Å². The van der Waals surface area contributed by atoms with Crippen molar-refractivity contribution in [1.29, 1.82) is 0 Å². The Morgan fingerprint density at radius 3 is 3.08 bits per heavy atom. The Morgan fingerprint density at radius 1 is 1.24 bits per heavy atom. The number of halogens is 1. The second-order valence-electron chi connectivity index (χ2n) is 7.46. The lowest BCUT2D eigenvalue weighted by molar-refractivity contribution is 0.403. The third kappa shape index (κ3) is 2.49. The SMILES string of the molecule is Cc1ccc(F)c(-c2cc3c4c(c2)[C@@H]2CNCC[C@@H]2N4CCCS3)c1. The smallest absolute Gasteiger partial charge is 0.131 e. The highest BCUT2D eigenvalue weighted by atomic mass is 32.2. The summed E-state index contributed by atoms with van der Waals surface area (Å²) in [6, 6.07) is 10.5. The van der Waals surface area contributed by atoms with E-state index in [0.29, 0.717) is 12.0 Å². The lowest BCUT2D eigenvalue weighted by Gasteiger charge is -2.33. The van der Waals surface area contributed by atoms with E-state index in [1.807, 2.05) is 30.8 Å². The minimum atomic E-state index is -0.121. The molecule has 3 heterocycles. The molecule has 130 valence electrons. The second kappa shape index (κ2) is 6.03. The minimum Gasteiger partial charge on any atom is -0.367 e. The molecule has 3 aliphatic heterocycles. The number of piperidine rings is 1. The predicted molar refractivity (Wildman–Crippen MR) is 103 cm³/mol. The largest absolute Gasteiger partial charge is 0.367 e. The average molecular weight is 354 g/mol. The van der Waals surface area contributed by atoms with Crippen LogP contribution in [0.25, 0.3) is 11.1 Å². The highest BCUT2D eigenvalue weighted by Crippen LogP contribution is 2.51. The van der Waals surface area contributed by atoms with Gasteiger partial charge in [0.15, 0.2) is 0 Å². The van der Waals surface area contributed by atoms with E-state index in [1.54, 1.807) is 6.07 Å². The van der Waals surface area contributed by atoms with Gasteiger partial charge in [-0.3, -0.25) is 0 Å². The fourth-order valence-corrected chi connectivity index (χ4v) is 5.82. The molecule has 0 radical (unpaired) electrons. The third-order valence-electron chi connectivity index (χ3n) is 5.87. The Bertz CT molecular complexity index is 835. The van der Waals surface area contributed by atoms with Crippen LogP contribution in [0.4, 0.5) is 10.1 Å². The summed E-state index contributed by atoms with van der Waals surface area (Å²) in [5.74, 6) is 1.57. The van der Waals surface area contributed by atoms with Crippen LogP contribution in [-0.2, 0) is 0 Å². The molecule has 1 N–H and O–H groups in total. The van der Waals surface area contributed by atoms with E-state index in [4.69, 9.17) is 0 Å². The van der Waals surface area contributed by atoms with Crippen molar-refractivity contribution in [1.82, 2.24) is 5.32 Å². The number of hydrogen-bond acceptors (Lipinski definition) is 3. The Hall–Kier alpha value is -1.52. The first-order valence-electron chi connectivity index (χ1n) is 9.27. The van der Waals surface area contributed by atoms with E-state index in [-0.39, 0.29) is 5.82 Å². The average Bonchev–Trinajstić information content (AvgIpc) is 2.79. The summed E-state index contributed by atoms with van der Waals surface area (Å²) in [6.07, 6.45) is 2.43. The van der Waals surface area contributed by atoms with E-state index >= 15 is 0 Å². The molecule has 5 rings (SSSR count). The summed E-state index contributed by atoms with van der Waals surface area (Å²) in [7, 11) is 0. The Morgan fingerprint density at radius 2 is 2.16 bits per heavy atom. The normalized spacial score (nSPS) is 24.6. The van der Waals surface area contributed by atoms with E-state index in [0.717, 1.165) is 42.1 Å². The molecule has 0 aliphatic carbocycles. The summed E-state index contributed by atoms with van der Waals surface area (Å²) >= 11 is 1.95. The minimum absolute atomic E-state index is 0.121. The molecule has 0 saturated carbocycles. The van der Waals surface area contributed by atoms with Crippen molar-refractivity contribution >= 4 is 17.4 Å². The van der Waals surface area contributed by atoms with Gasteiger partial charge in [0.1, 0.15) is 5.82 Å². The maximum absolute atomic E-state index is 14.5. The van der Waals surface area contributed by atoms with E-state index in [1.165, 1.54) is 29.0 Å². The number of anilines is 1. The number of fused-ring (bicyclic) bond motifs is 3. The molecule has 3 aliphatic rings. The Kier molecular flexibility index (Phi) is 3.79. The molecule has 1 saturated heterocycles. The zero-order chi connectivity index (χ0) is 17.0. The van der Waals surface area contributed by atoms with Gasteiger partial charge >= 0.3 is 0 Å². The predicted octanol–water partition coefficient (Wildman–Crippen LogP) is 4.56. The van der Waals surface area contributed by atoms with Gasteiger partial charge in [-0.05, 0) is 67.5 Å². The first kappa shape index (κ1) is 15.7. The van der Waals surface area contributed by atoms with Gasteiger partial charge in [-0.2, -0.15) is 0 Å². The van der Waals surface area contributed by atoms with Crippen LogP contribution in [0.15, 0.2) is 35.2 Å². The van der Waals surface area contributed by atoms with Crippen LogP contribution in [0.1, 0.15) is 29.9 Å². The van der Waals surface area contributed by atoms with Crippen molar-refractivity contribution in [2.45, 2.75) is 36.6 Å². The van der Waals surface area contributed by atoms with Crippen LogP contribution in [0.2, 0.25) is 0 Å². The zero-order valence-electron chi connectivity index (χ0n) is 14.5. The molecule has 0 bridgehead atoms. The molecular weight excluding hydrogens is 331 g/mol. The fraction of sp³-hybridized carbons (Fsp3) is 0.429. The molecule has 0 amide bonds. The maximum atomic E-state index is 14.5. The molecular formula is C21H23FN2S. The number of thioether (sulfide) groups is 1. The molecule has 1 fully saturated rings. The molecule has 2 aromatic carbocycles. The first-order valence-corrected chi connectivity index (χ1v) is 10.3. The molecule has 4 heteroatoms. The second-order valence-corrected chi connectivity index (χ2v) is 8.59. The van der Waals surface area contributed by atoms with Gasteiger partial charge in [-0.1, -0.05) is 11.6 Å². The van der Waals surface area contributed by atoms with E-state index in [2.05, 4.69) is 22.3 Å². The fourth-order valence-electron chi connectivity index (χ4n) is 4.74. The lowest BCUT2D eigenvalue weighted by atomic mass is 9.88. The van der Waals surface area contributed by atoms with E-state index < -0.39 is 0 Å². The van der Waals surface area contributed by atoms with Gasteiger partial charge < -0.3 is 10.2 Å². The van der Waals surface area contributed by atoms with Crippen LogP contribution in [0, 0.1) is 12.7 Å². The highest BCUT2D eigenvalue weighted by molar-refractivity contribution is 7.99. The molecule has 2 nitrogen and oxygen atoms in total. The van der Waals surface area contributed by atoms with Gasteiger partial charge in [-0.25, -0.2) is 4.39 Å². The standard InChI is InChI=1S/C21H23FN2S/c1-13-3-4-18(22)15(9-13)14-10-16-17-12-23-6-5-19(17)24-7-2-8-25-20(11-14)21(16)24/h3-4,9-11,17,19,23H,2,5-8,12H2,1H3/t17-,19-/m0/s1. The van der Waals surface area contributed by atoms with Crippen LogP contribution < -0.4 is 10.2 Å². The van der Waals surface area contributed by atoms with Crippen molar-refractivity contribution in [2.75, 3.05) is 30.3 Å². The number of aryl methyl sites for hydroxylation is 1. The molecule has 2 aromatic rings.